The van der Waals surface area contributed by atoms with Crippen LogP contribution in [-0.2, 0) is 4.79 Å². The van der Waals surface area contributed by atoms with Crippen LogP contribution >= 0.6 is 0 Å². The third-order valence-corrected chi connectivity index (χ3v) is 2.98. The number of carboxylic acids is 1. The highest BCUT2D eigenvalue weighted by Gasteiger charge is 2.37. The average molecular weight is 303 g/mol. The maximum absolute atomic E-state index is 12.1. The van der Waals surface area contributed by atoms with Crippen LogP contribution in [0, 0.1) is 5.92 Å². The normalized spacial score (nSPS) is 16.1. The molecule has 1 atom stereocenters. The second-order valence-corrected chi connectivity index (χ2v) is 4.70. The Kier molecular flexibility index (Phi) is 4.06. The van der Waals surface area contributed by atoms with Crippen LogP contribution in [0.15, 0.2) is 24.3 Å². The van der Waals surface area contributed by atoms with Gasteiger partial charge in [-0.3, -0.25) is 4.79 Å². The molecular weight excluding hydrogens is 291 g/mol. The van der Waals surface area contributed by atoms with Gasteiger partial charge < -0.3 is 15.2 Å². The molecule has 0 aliphatic heterocycles. The first kappa shape index (κ1) is 15.1. The molecule has 1 aliphatic rings. The SMILES string of the molecule is O=C(NC(C(=O)O)C1CC1)c1cccc(OC(F)(F)F)c1. The fourth-order valence-corrected chi connectivity index (χ4v) is 1.87. The number of ether oxygens (including phenoxy) is 1. The van der Waals surface area contributed by atoms with Gasteiger partial charge in [0.2, 0.25) is 0 Å². The summed E-state index contributed by atoms with van der Waals surface area (Å²) in [4.78, 5) is 22.9. The van der Waals surface area contributed by atoms with E-state index in [1.807, 2.05) is 0 Å². The first-order chi connectivity index (χ1) is 9.76. The topological polar surface area (TPSA) is 75.6 Å². The summed E-state index contributed by atoms with van der Waals surface area (Å²) in [5.74, 6) is -2.56. The van der Waals surface area contributed by atoms with E-state index < -0.39 is 30.0 Å². The fourth-order valence-electron chi connectivity index (χ4n) is 1.87. The maximum atomic E-state index is 12.1. The fraction of sp³-hybridized carbons (Fsp3) is 0.385. The summed E-state index contributed by atoms with van der Waals surface area (Å²) in [6.45, 7) is 0. The van der Waals surface area contributed by atoms with Gasteiger partial charge in [-0.05, 0) is 37.0 Å². The smallest absolute Gasteiger partial charge is 0.480 e. The number of amides is 1. The van der Waals surface area contributed by atoms with Crippen LogP contribution < -0.4 is 10.1 Å². The molecule has 2 rings (SSSR count). The summed E-state index contributed by atoms with van der Waals surface area (Å²) >= 11 is 0. The van der Waals surface area contributed by atoms with Gasteiger partial charge >= 0.3 is 12.3 Å². The number of nitrogens with one attached hydrogen (secondary N) is 1. The molecule has 1 aliphatic carbocycles. The second kappa shape index (κ2) is 5.63. The van der Waals surface area contributed by atoms with Crippen molar-refractivity contribution in [3.05, 3.63) is 29.8 Å². The van der Waals surface area contributed by atoms with E-state index in [1.54, 1.807) is 0 Å². The van der Waals surface area contributed by atoms with Gasteiger partial charge in [-0.15, -0.1) is 13.2 Å². The molecule has 0 heterocycles. The standard InChI is InChI=1S/C13H12F3NO4/c14-13(15,16)21-9-3-1-2-8(6-9)11(18)17-10(12(19)20)7-4-5-7/h1-3,6-7,10H,4-5H2,(H,17,18)(H,19,20). The predicted molar refractivity (Wildman–Crippen MR) is 64.7 cm³/mol. The van der Waals surface area contributed by atoms with Crippen LogP contribution in [0.1, 0.15) is 23.2 Å². The van der Waals surface area contributed by atoms with E-state index in [2.05, 4.69) is 10.1 Å². The average Bonchev–Trinajstić information content (AvgIpc) is 3.17. The van der Waals surface area contributed by atoms with Crippen LogP contribution in [0.4, 0.5) is 13.2 Å². The number of halogens is 3. The third-order valence-electron chi connectivity index (χ3n) is 2.98. The summed E-state index contributed by atoms with van der Waals surface area (Å²) in [5.41, 5.74) is -0.0938. The Morgan fingerprint density at radius 1 is 1.33 bits per heavy atom. The molecule has 21 heavy (non-hydrogen) atoms. The van der Waals surface area contributed by atoms with Gasteiger partial charge in [-0.2, -0.15) is 0 Å². The number of aliphatic carboxylic acids is 1. The summed E-state index contributed by atoms with van der Waals surface area (Å²) in [5, 5.41) is 11.3. The van der Waals surface area contributed by atoms with E-state index in [0.29, 0.717) is 12.8 Å². The number of rotatable bonds is 5. The van der Waals surface area contributed by atoms with Crippen LogP contribution in [0.2, 0.25) is 0 Å². The van der Waals surface area contributed by atoms with Gasteiger partial charge in [0.05, 0.1) is 0 Å². The van der Waals surface area contributed by atoms with E-state index in [0.717, 1.165) is 12.1 Å². The highest BCUT2D eigenvalue weighted by atomic mass is 19.4. The second-order valence-electron chi connectivity index (χ2n) is 4.70. The van der Waals surface area contributed by atoms with Crippen molar-refractivity contribution in [2.24, 2.45) is 5.92 Å². The molecule has 1 aromatic rings. The molecule has 1 fully saturated rings. The van der Waals surface area contributed by atoms with Gasteiger partial charge in [0.25, 0.3) is 5.91 Å². The van der Waals surface area contributed by atoms with Crippen molar-refractivity contribution in [2.45, 2.75) is 25.2 Å². The summed E-state index contributed by atoms with van der Waals surface area (Å²) in [6, 6.07) is 3.45. The van der Waals surface area contributed by atoms with Crippen LogP contribution in [0.5, 0.6) is 5.75 Å². The zero-order valence-electron chi connectivity index (χ0n) is 10.7. The third kappa shape index (κ3) is 4.37. The Balaban J connectivity index is 2.08. The van der Waals surface area contributed by atoms with E-state index in [9.17, 15) is 22.8 Å². The molecule has 0 radical (unpaired) electrons. The van der Waals surface area contributed by atoms with Crippen molar-refractivity contribution in [3.63, 3.8) is 0 Å². The summed E-state index contributed by atoms with van der Waals surface area (Å²) in [6.07, 6.45) is -3.45. The monoisotopic (exact) mass is 303 g/mol. The highest BCUT2D eigenvalue weighted by molar-refractivity contribution is 5.97. The molecule has 8 heteroatoms. The van der Waals surface area contributed by atoms with Gasteiger partial charge in [-0.25, -0.2) is 4.79 Å². The predicted octanol–water partition coefficient (Wildman–Crippen LogP) is 2.18. The Labute approximate surface area is 117 Å². The molecule has 1 unspecified atom stereocenters. The number of carbonyl (C=O) groups is 2. The number of hydrogen-bond donors (Lipinski definition) is 2. The van der Waals surface area contributed by atoms with E-state index in [4.69, 9.17) is 5.11 Å². The lowest BCUT2D eigenvalue weighted by Gasteiger charge is -2.14. The molecule has 0 spiro atoms. The highest BCUT2D eigenvalue weighted by Crippen LogP contribution is 2.33. The lowest BCUT2D eigenvalue weighted by Crippen LogP contribution is -2.42. The first-order valence-corrected chi connectivity index (χ1v) is 6.16. The quantitative estimate of drug-likeness (QED) is 0.874. The summed E-state index contributed by atoms with van der Waals surface area (Å²) < 4.78 is 40.0. The molecule has 5 nitrogen and oxygen atoms in total. The van der Waals surface area contributed by atoms with Crippen molar-refractivity contribution in [1.29, 1.82) is 0 Å². The zero-order valence-corrected chi connectivity index (χ0v) is 10.7. The molecule has 0 bridgehead atoms. The van der Waals surface area contributed by atoms with Crippen LogP contribution in [0.25, 0.3) is 0 Å². The van der Waals surface area contributed by atoms with Crippen LogP contribution in [-0.4, -0.2) is 29.4 Å². The van der Waals surface area contributed by atoms with Gasteiger partial charge in [0.1, 0.15) is 11.8 Å². The number of alkyl halides is 3. The number of carboxylic acid groups (broad SMARTS) is 1. The number of benzene rings is 1. The van der Waals surface area contributed by atoms with Crippen molar-refractivity contribution < 1.29 is 32.6 Å². The largest absolute Gasteiger partial charge is 0.573 e. The van der Waals surface area contributed by atoms with Gasteiger partial charge in [0.15, 0.2) is 0 Å². The van der Waals surface area contributed by atoms with Crippen molar-refractivity contribution in [1.82, 2.24) is 5.32 Å². The molecule has 0 saturated heterocycles. The van der Waals surface area contributed by atoms with E-state index in [1.165, 1.54) is 12.1 Å². The van der Waals surface area contributed by atoms with Crippen molar-refractivity contribution >= 4 is 11.9 Å². The number of hydrogen-bond acceptors (Lipinski definition) is 3. The van der Waals surface area contributed by atoms with Gasteiger partial charge in [0, 0.05) is 5.56 Å². The summed E-state index contributed by atoms with van der Waals surface area (Å²) in [7, 11) is 0. The molecule has 1 amide bonds. The van der Waals surface area contributed by atoms with Crippen LogP contribution in [0.3, 0.4) is 0 Å². The van der Waals surface area contributed by atoms with Gasteiger partial charge in [-0.1, -0.05) is 6.07 Å². The molecule has 1 aromatic carbocycles. The molecule has 0 aromatic heterocycles. The number of carbonyl (C=O) groups excluding carboxylic acids is 1. The molecule has 114 valence electrons. The van der Waals surface area contributed by atoms with Crippen molar-refractivity contribution in [3.8, 4) is 5.75 Å². The molecule has 2 N–H and O–H groups in total. The Morgan fingerprint density at radius 3 is 2.52 bits per heavy atom. The van der Waals surface area contributed by atoms with E-state index in [-0.39, 0.29) is 11.5 Å². The van der Waals surface area contributed by atoms with E-state index >= 15 is 0 Å². The lowest BCUT2D eigenvalue weighted by atomic mass is 10.1. The molecular formula is C13H12F3NO4. The Bertz CT molecular complexity index is 555. The minimum Gasteiger partial charge on any atom is -0.480 e. The minimum absolute atomic E-state index is 0.0938. The molecule has 1 saturated carbocycles. The Morgan fingerprint density at radius 2 is 2.00 bits per heavy atom. The maximum Gasteiger partial charge on any atom is 0.573 e. The van der Waals surface area contributed by atoms with Crippen molar-refractivity contribution in [2.75, 3.05) is 0 Å². The minimum atomic E-state index is -4.85. The Hall–Kier alpha value is -2.25. The lowest BCUT2D eigenvalue weighted by molar-refractivity contribution is -0.274. The first-order valence-electron chi connectivity index (χ1n) is 6.16. The zero-order chi connectivity index (χ0) is 15.6.